The summed E-state index contributed by atoms with van der Waals surface area (Å²) >= 11 is 7.11. The van der Waals surface area contributed by atoms with Crippen molar-refractivity contribution in [3.63, 3.8) is 0 Å². The van der Waals surface area contributed by atoms with E-state index in [0.29, 0.717) is 45.8 Å². The van der Waals surface area contributed by atoms with Gasteiger partial charge in [0.2, 0.25) is 0 Å². The molecule has 0 aliphatic carbocycles. The molecule has 4 heterocycles. The van der Waals surface area contributed by atoms with Gasteiger partial charge in [-0.15, -0.1) is 0 Å². The van der Waals surface area contributed by atoms with E-state index in [1.165, 1.54) is 12.5 Å². The molecule has 0 radical (unpaired) electrons. The first-order valence-electron chi connectivity index (χ1n) is 9.81. The molecule has 2 atom stereocenters. The molecule has 0 unspecified atom stereocenters. The quantitative estimate of drug-likeness (QED) is 0.514. The number of hydrogen-bond acceptors (Lipinski definition) is 7. The summed E-state index contributed by atoms with van der Waals surface area (Å²) in [6, 6.07) is 0.891. The Morgan fingerprint density at radius 2 is 2.19 bits per heavy atom. The molecular formula is C20H20ClFN6O3S. The molecule has 1 aliphatic heterocycles. The van der Waals surface area contributed by atoms with Crippen molar-refractivity contribution in [3.05, 3.63) is 45.4 Å². The van der Waals surface area contributed by atoms with E-state index in [-0.39, 0.29) is 17.1 Å². The molecule has 168 valence electrons. The van der Waals surface area contributed by atoms with Gasteiger partial charge in [0, 0.05) is 18.4 Å². The van der Waals surface area contributed by atoms with E-state index >= 15 is 0 Å². The summed E-state index contributed by atoms with van der Waals surface area (Å²) in [5.74, 6) is -1.54. The van der Waals surface area contributed by atoms with Gasteiger partial charge in [0.15, 0.2) is 5.13 Å². The van der Waals surface area contributed by atoms with Gasteiger partial charge in [0.05, 0.1) is 23.3 Å². The number of aryl methyl sites for hydroxylation is 1. The zero-order valence-electron chi connectivity index (χ0n) is 17.2. The average Bonchev–Trinajstić information content (AvgIpc) is 3.33. The number of hydrogen-bond donors (Lipinski definition) is 3. The van der Waals surface area contributed by atoms with Crippen LogP contribution >= 0.6 is 22.9 Å². The van der Waals surface area contributed by atoms with Crippen LogP contribution in [0.25, 0.3) is 11.4 Å². The molecule has 9 nitrogen and oxygen atoms in total. The number of thiazole rings is 1. The molecule has 1 amide bonds. The molecule has 0 spiro atoms. The Hall–Kier alpha value is -3.05. The maximum atomic E-state index is 15.0. The first kappa shape index (κ1) is 22.2. The number of carboxylic acid groups (broad SMARTS) is 1. The molecule has 0 saturated carbocycles. The largest absolute Gasteiger partial charge is 0.477 e. The number of nitrogens with one attached hydrogen (secondary N) is 2. The van der Waals surface area contributed by atoms with Crippen molar-refractivity contribution in [1.29, 1.82) is 0 Å². The van der Waals surface area contributed by atoms with Crippen molar-refractivity contribution in [3.8, 4) is 11.4 Å². The van der Waals surface area contributed by atoms with E-state index in [1.807, 2.05) is 0 Å². The van der Waals surface area contributed by atoms with Gasteiger partial charge in [-0.1, -0.05) is 22.9 Å². The number of anilines is 1. The number of H-pyrrole nitrogens is 1. The maximum Gasteiger partial charge on any atom is 0.348 e. The lowest BCUT2D eigenvalue weighted by molar-refractivity contribution is 0.0702. The van der Waals surface area contributed by atoms with Crippen LogP contribution in [0.2, 0.25) is 5.02 Å². The first-order valence-corrected chi connectivity index (χ1v) is 11.0. The van der Waals surface area contributed by atoms with Crippen molar-refractivity contribution in [1.82, 2.24) is 25.3 Å². The molecule has 1 saturated heterocycles. The zero-order valence-corrected chi connectivity index (χ0v) is 18.8. The van der Waals surface area contributed by atoms with Crippen molar-refractivity contribution in [2.45, 2.75) is 32.5 Å². The number of halogens is 2. The number of aromatic nitrogens is 4. The van der Waals surface area contributed by atoms with E-state index in [4.69, 9.17) is 11.6 Å². The van der Waals surface area contributed by atoms with Crippen molar-refractivity contribution in [2.24, 2.45) is 0 Å². The van der Waals surface area contributed by atoms with Crippen LogP contribution in [0.15, 0.2) is 18.6 Å². The van der Waals surface area contributed by atoms with Gasteiger partial charge in [-0.25, -0.2) is 24.1 Å². The summed E-state index contributed by atoms with van der Waals surface area (Å²) in [4.78, 5) is 41.3. The lowest BCUT2D eigenvalue weighted by atomic mass is 10.0. The van der Waals surface area contributed by atoms with Gasteiger partial charge >= 0.3 is 5.97 Å². The van der Waals surface area contributed by atoms with Crippen LogP contribution in [0.3, 0.4) is 0 Å². The van der Waals surface area contributed by atoms with Crippen LogP contribution in [-0.4, -0.2) is 62.2 Å². The Labute approximate surface area is 191 Å². The average molecular weight is 479 g/mol. The fourth-order valence-electron chi connectivity index (χ4n) is 3.63. The topological polar surface area (TPSA) is 124 Å². The Kier molecular flexibility index (Phi) is 6.11. The Balaban J connectivity index is 1.48. The second-order valence-electron chi connectivity index (χ2n) is 7.47. The number of carboxylic acids is 1. The molecule has 0 aromatic carbocycles. The number of aromatic amines is 1. The van der Waals surface area contributed by atoms with Gasteiger partial charge in [-0.05, 0) is 31.9 Å². The van der Waals surface area contributed by atoms with E-state index < -0.39 is 24.1 Å². The number of aromatic carboxylic acids is 1. The van der Waals surface area contributed by atoms with Crippen LogP contribution in [0.5, 0.6) is 0 Å². The molecule has 32 heavy (non-hydrogen) atoms. The maximum absolute atomic E-state index is 15.0. The highest BCUT2D eigenvalue weighted by atomic mass is 35.5. The van der Waals surface area contributed by atoms with Crippen molar-refractivity contribution >= 4 is 39.9 Å². The number of carbonyl (C=O) groups is 2. The fourth-order valence-corrected chi connectivity index (χ4v) is 4.72. The highest BCUT2D eigenvalue weighted by Crippen LogP contribution is 2.34. The molecular weight excluding hydrogens is 459 g/mol. The Morgan fingerprint density at radius 3 is 2.78 bits per heavy atom. The fraction of sp³-hybridized carbons (Fsp3) is 0.350. The predicted molar refractivity (Wildman–Crippen MR) is 118 cm³/mol. The van der Waals surface area contributed by atoms with Gasteiger partial charge in [0.25, 0.3) is 5.91 Å². The highest BCUT2D eigenvalue weighted by Gasteiger charge is 2.33. The Morgan fingerprint density at radius 1 is 1.41 bits per heavy atom. The third kappa shape index (κ3) is 4.17. The molecule has 1 fully saturated rings. The van der Waals surface area contributed by atoms with Gasteiger partial charge in [-0.2, -0.15) is 0 Å². The van der Waals surface area contributed by atoms with Crippen molar-refractivity contribution < 1.29 is 19.1 Å². The normalized spacial score (nSPS) is 18.6. The predicted octanol–water partition coefficient (Wildman–Crippen LogP) is 3.24. The van der Waals surface area contributed by atoms with E-state index in [1.54, 1.807) is 24.8 Å². The number of carbonyl (C=O) groups excluding carboxylic acids is 1. The highest BCUT2D eigenvalue weighted by molar-refractivity contribution is 7.17. The molecule has 3 N–H and O–H groups in total. The second-order valence-corrected chi connectivity index (χ2v) is 8.82. The molecule has 3 aromatic heterocycles. The summed E-state index contributed by atoms with van der Waals surface area (Å²) in [5.41, 5.74) is 2.23. The number of piperidine rings is 1. The number of amides is 1. The van der Waals surface area contributed by atoms with Crippen LogP contribution in [0, 0.1) is 13.8 Å². The SMILES string of the molecule is Cc1[nH]c(C(=O)N[C@@H]2CCN(c3nc(-c4ccncn4)c(C(=O)O)s3)C[C@@H]2F)c(C)c1Cl. The number of alkyl halides is 1. The third-order valence-electron chi connectivity index (χ3n) is 5.34. The first-order chi connectivity index (χ1) is 15.3. The summed E-state index contributed by atoms with van der Waals surface area (Å²) in [5, 5.41) is 13.2. The standard InChI is InChI=1S/C20H20ClFN6O3S/c1-9-14(21)10(2)25-15(9)18(29)26-12-4-6-28(7-11(12)22)20-27-16(17(32-20)19(30)31)13-3-5-23-8-24-13/h3,5,8,11-12,25H,4,6-7H2,1-2H3,(H,26,29)(H,30,31)/t11-,12+/m0/s1. The number of rotatable bonds is 5. The molecule has 3 aromatic rings. The molecule has 1 aliphatic rings. The minimum Gasteiger partial charge on any atom is -0.477 e. The molecule has 4 rings (SSSR count). The third-order valence-corrected chi connectivity index (χ3v) is 7.01. The molecule has 0 bridgehead atoms. The summed E-state index contributed by atoms with van der Waals surface area (Å²) in [6.07, 6.45) is 1.79. The van der Waals surface area contributed by atoms with E-state index in [9.17, 15) is 19.1 Å². The van der Waals surface area contributed by atoms with E-state index in [0.717, 1.165) is 11.3 Å². The van der Waals surface area contributed by atoms with Gasteiger partial charge in [0.1, 0.15) is 28.8 Å². The minimum atomic E-state index is -1.36. The summed E-state index contributed by atoms with van der Waals surface area (Å²) < 4.78 is 15.0. The monoisotopic (exact) mass is 478 g/mol. The number of nitrogens with zero attached hydrogens (tertiary/aromatic N) is 4. The van der Waals surface area contributed by atoms with Crippen LogP contribution < -0.4 is 10.2 Å². The van der Waals surface area contributed by atoms with Crippen LogP contribution in [-0.2, 0) is 0 Å². The minimum absolute atomic E-state index is 0.0236. The molecule has 12 heteroatoms. The lowest BCUT2D eigenvalue weighted by Gasteiger charge is -2.34. The van der Waals surface area contributed by atoms with Crippen molar-refractivity contribution in [2.75, 3.05) is 18.0 Å². The summed E-state index contributed by atoms with van der Waals surface area (Å²) in [6.45, 7) is 3.88. The van der Waals surface area contributed by atoms with E-state index in [2.05, 4.69) is 25.3 Å². The smallest absolute Gasteiger partial charge is 0.348 e. The summed E-state index contributed by atoms with van der Waals surface area (Å²) in [7, 11) is 0. The Bertz CT molecular complexity index is 1170. The zero-order chi connectivity index (χ0) is 23.0. The second kappa shape index (κ2) is 8.83. The lowest BCUT2D eigenvalue weighted by Crippen LogP contribution is -2.52. The van der Waals surface area contributed by atoms with Crippen LogP contribution in [0.4, 0.5) is 9.52 Å². The van der Waals surface area contributed by atoms with Gasteiger partial charge in [-0.3, -0.25) is 4.79 Å². The van der Waals surface area contributed by atoms with Gasteiger partial charge < -0.3 is 20.3 Å². The van der Waals surface area contributed by atoms with Crippen LogP contribution in [0.1, 0.15) is 37.8 Å².